The van der Waals surface area contributed by atoms with Crippen LogP contribution in [0.3, 0.4) is 0 Å². The fourth-order valence-electron chi connectivity index (χ4n) is 1.18. The second-order valence-corrected chi connectivity index (χ2v) is 6.13. The van der Waals surface area contributed by atoms with Gasteiger partial charge in [-0.3, -0.25) is 28.8 Å². The van der Waals surface area contributed by atoms with Crippen LogP contribution in [0.5, 0.6) is 0 Å². The Kier molecular flexibility index (Phi) is 34.6. The number of ketones is 2. The molecule has 0 saturated carbocycles. The van der Waals surface area contributed by atoms with Crippen molar-refractivity contribution in [3.63, 3.8) is 0 Å². The molecule has 0 aromatic carbocycles. The van der Waals surface area contributed by atoms with Gasteiger partial charge in [0.05, 0.1) is 18.9 Å². The molecule has 0 heterocycles. The Morgan fingerprint density at radius 3 is 1.22 bits per heavy atom. The largest absolute Gasteiger partial charge is 0.481 e. The van der Waals surface area contributed by atoms with E-state index in [1.165, 1.54) is 13.8 Å². The fourth-order valence-corrected chi connectivity index (χ4v) is 1.18. The molecule has 36 heavy (non-hydrogen) atoms. The van der Waals surface area contributed by atoms with Gasteiger partial charge in [-0.05, 0) is 20.3 Å². The Morgan fingerprint density at radius 1 is 0.639 bits per heavy atom. The van der Waals surface area contributed by atoms with Crippen molar-refractivity contribution in [1.29, 1.82) is 0 Å². The van der Waals surface area contributed by atoms with Crippen LogP contribution in [0.25, 0.3) is 0 Å². The van der Waals surface area contributed by atoms with Crippen LogP contribution >= 0.6 is 0 Å². The zero-order valence-electron chi connectivity index (χ0n) is 18.2. The average molecular weight is 532 g/mol. The van der Waals surface area contributed by atoms with Gasteiger partial charge in [0.25, 0.3) is 0 Å². The summed E-state index contributed by atoms with van der Waals surface area (Å²) in [6, 6.07) is 0. The van der Waals surface area contributed by atoms with Crippen molar-refractivity contribution in [2.75, 3.05) is 0 Å². The summed E-state index contributed by atoms with van der Waals surface area (Å²) >= 11 is 0. The van der Waals surface area contributed by atoms with Crippen LogP contribution in [0.2, 0.25) is 0 Å². The third kappa shape index (κ3) is 52.2. The highest BCUT2D eigenvalue weighted by atomic mass is 16.4. The van der Waals surface area contributed by atoms with Gasteiger partial charge in [0.15, 0.2) is 6.10 Å². The SMILES string of the molecule is C.C.CC(=O)CC(=O)O.CC(O)CC(=O)O.O=C(O)CCC(=O)C(=O)O.O=C(O)CCC(O)C(=O)O. The number of Topliss-reactive ketones (excluding diaryl/α,β-unsaturated/α-hetero) is 2. The Balaban J connectivity index is -0.0000000830. The van der Waals surface area contributed by atoms with Gasteiger partial charge >= 0.3 is 35.8 Å². The average Bonchev–Trinajstić information content (AvgIpc) is 2.63. The number of hydrogen-bond donors (Lipinski definition) is 8. The van der Waals surface area contributed by atoms with E-state index in [2.05, 4.69) is 0 Å². The van der Waals surface area contributed by atoms with Crippen molar-refractivity contribution in [3.8, 4) is 0 Å². The number of carboxylic acid groups (broad SMARTS) is 6. The number of aliphatic carboxylic acids is 6. The van der Waals surface area contributed by atoms with Crippen molar-refractivity contribution < 1.29 is 79.2 Å². The Morgan fingerprint density at radius 2 is 1.06 bits per heavy atom. The molecule has 0 aromatic rings. The van der Waals surface area contributed by atoms with Crippen molar-refractivity contribution in [3.05, 3.63) is 0 Å². The smallest absolute Gasteiger partial charge is 0.372 e. The van der Waals surface area contributed by atoms with Crippen LogP contribution < -0.4 is 0 Å². The Hall–Kier alpha value is -3.92. The molecule has 0 aliphatic carbocycles. The Labute approximate surface area is 206 Å². The first kappa shape index (κ1) is 45.6. The highest BCUT2D eigenvalue weighted by molar-refractivity contribution is 6.32. The summed E-state index contributed by atoms with van der Waals surface area (Å²) in [4.78, 5) is 78.5. The standard InChI is InChI=1S/C5H8O5.C5H6O5.C4H8O3.C4H6O3.2CH4/c2*6-3(5(9)10)1-2-4(7)8;2*1-3(5)2-4(6)7;;/h3,6H,1-2H2,(H,7,8)(H,9,10);1-2H2,(H,7,8)(H,9,10);3,5H,2H2,1H3,(H,6,7);2H2,1H3,(H,6,7);2*1H4. The van der Waals surface area contributed by atoms with E-state index in [4.69, 9.17) is 40.9 Å². The van der Waals surface area contributed by atoms with E-state index in [1.807, 2.05) is 0 Å². The van der Waals surface area contributed by atoms with Gasteiger partial charge in [-0.15, -0.1) is 0 Å². The number of aliphatic hydroxyl groups is 2. The van der Waals surface area contributed by atoms with Crippen molar-refractivity contribution >= 4 is 47.4 Å². The normalized spacial score (nSPS) is 10.1. The third-order valence-electron chi connectivity index (χ3n) is 2.59. The zero-order valence-corrected chi connectivity index (χ0v) is 18.2. The van der Waals surface area contributed by atoms with Crippen LogP contribution in [0.1, 0.15) is 67.2 Å². The third-order valence-corrected chi connectivity index (χ3v) is 2.59. The molecule has 0 rings (SSSR count). The number of aliphatic hydroxyl groups excluding tert-OH is 2. The molecule has 2 atom stereocenters. The quantitative estimate of drug-likeness (QED) is 0.121. The summed E-state index contributed by atoms with van der Waals surface area (Å²) in [7, 11) is 0. The monoisotopic (exact) mass is 532 g/mol. The highest BCUT2D eigenvalue weighted by Crippen LogP contribution is 1.96. The molecule has 0 aliphatic rings. The fraction of sp³-hybridized carbons (Fsp3) is 0.600. The van der Waals surface area contributed by atoms with Crippen molar-refractivity contribution in [2.45, 2.75) is 79.4 Å². The molecule has 16 heteroatoms. The number of carbonyl (C=O) groups is 8. The minimum Gasteiger partial charge on any atom is -0.481 e. The number of rotatable bonds is 12. The molecule has 212 valence electrons. The number of carboxylic acids is 6. The summed E-state index contributed by atoms with van der Waals surface area (Å²) in [5, 5.41) is 64.7. The molecule has 0 fully saturated rings. The highest BCUT2D eigenvalue weighted by Gasteiger charge is 2.14. The minimum absolute atomic E-state index is 0. The first-order valence-corrected chi connectivity index (χ1v) is 9.04. The molecule has 0 saturated heterocycles. The van der Waals surface area contributed by atoms with Gasteiger partial charge in [-0.1, -0.05) is 14.9 Å². The predicted molar refractivity (Wildman–Crippen MR) is 120 cm³/mol. The maximum atomic E-state index is 10.2. The second kappa shape index (κ2) is 27.3. The maximum Gasteiger partial charge on any atom is 0.372 e. The van der Waals surface area contributed by atoms with E-state index >= 15 is 0 Å². The van der Waals surface area contributed by atoms with Gasteiger partial charge in [0.2, 0.25) is 5.78 Å². The molecule has 0 spiro atoms. The van der Waals surface area contributed by atoms with E-state index in [1.54, 1.807) is 0 Å². The summed E-state index contributed by atoms with van der Waals surface area (Å²) in [5.74, 6) is -8.66. The first-order chi connectivity index (χ1) is 15.3. The topological polar surface area (TPSA) is 298 Å². The van der Waals surface area contributed by atoms with Crippen LogP contribution in [-0.4, -0.2) is 100 Å². The van der Waals surface area contributed by atoms with Gasteiger partial charge in [0.1, 0.15) is 12.2 Å². The lowest BCUT2D eigenvalue weighted by atomic mass is 10.2. The van der Waals surface area contributed by atoms with Gasteiger partial charge in [-0.25, -0.2) is 9.59 Å². The summed E-state index contributed by atoms with van der Waals surface area (Å²) in [6.45, 7) is 2.68. The zero-order chi connectivity index (χ0) is 28.0. The summed E-state index contributed by atoms with van der Waals surface area (Å²) < 4.78 is 0. The molecule has 16 nitrogen and oxygen atoms in total. The first-order valence-electron chi connectivity index (χ1n) is 9.04. The summed E-state index contributed by atoms with van der Waals surface area (Å²) in [5.41, 5.74) is 0. The molecule has 0 radical (unpaired) electrons. The van der Waals surface area contributed by atoms with E-state index in [0.29, 0.717) is 0 Å². The van der Waals surface area contributed by atoms with Gasteiger partial charge < -0.3 is 40.9 Å². The summed E-state index contributed by atoms with van der Waals surface area (Å²) in [6.07, 6.45) is -4.25. The number of carbonyl (C=O) groups excluding carboxylic acids is 2. The van der Waals surface area contributed by atoms with E-state index in [9.17, 15) is 38.4 Å². The van der Waals surface area contributed by atoms with Crippen LogP contribution in [-0.2, 0) is 38.4 Å². The molecular formula is C20H36O16. The lowest BCUT2D eigenvalue weighted by Gasteiger charge is -2.00. The molecular weight excluding hydrogens is 496 g/mol. The number of hydrogen-bond acceptors (Lipinski definition) is 10. The molecule has 0 bridgehead atoms. The molecule has 0 amide bonds. The van der Waals surface area contributed by atoms with Crippen LogP contribution in [0, 0.1) is 0 Å². The predicted octanol–water partition coefficient (Wildman–Crippen LogP) is -0.0342. The van der Waals surface area contributed by atoms with Crippen molar-refractivity contribution in [1.82, 2.24) is 0 Å². The lowest BCUT2D eigenvalue weighted by molar-refractivity contribution is -0.150. The van der Waals surface area contributed by atoms with Crippen LogP contribution in [0.15, 0.2) is 0 Å². The van der Waals surface area contributed by atoms with Crippen molar-refractivity contribution in [2.24, 2.45) is 0 Å². The van der Waals surface area contributed by atoms with E-state index in [0.717, 1.165) is 0 Å². The van der Waals surface area contributed by atoms with Crippen LogP contribution in [0.4, 0.5) is 0 Å². The molecule has 8 N–H and O–H groups in total. The van der Waals surface area contributed by atoms with E-state index < -0.39 is 66.6 Å². The molecule has 0 aliphatic heterocycles. The second-order valence-electron chi connectivity index (χ2n) is 6.13. The maximum absolute atomic E-state index is 10.2. The van der Waals surface area contributed by atoms with Gasteiger partial charge in [-0.2, -0.15) is 0 Å². The molecule has 2 unspecified atom stereocenters. The minimum atomic E-state index is -1.58. The van der Waals surface area contributed by atoms with Gasteiger partial charge in [0, 0.05) is 12.8 Å². The molecule has 0 aromatic heterocycles. The van der Waals surface area contributed by atoms with E-state index in [-0.39, 0.29) is 46.3 Å². The lowest BCUT2D eigenvalue weighted by Crippen LogP contribution is -2.20. The Bertz CT molecular complexity index is 699.